The molecular weight excluding hydrogens is 140 g/mol. The van der Waals surface area contributed by atoms with E-state index in [9.17, 15) is 4.79 Å². The molecule has 0 aromatic heterocycles. The molecule has 2 heteroatoms. The van der Waals surface area contributed by atoms with Crippen LogP contribution in [0.15, 0.2) is 0 Å². The highest BCUT2D eigenvalue weighted by atomic mass is 16.6. The zero-order valence-corrected chi connectivity index (χ0v) is 7.64. The highest BCUT2D eigenvalue weighted by molar-refractivity contribution is 5.69. The van der Waals surface area contributed by atoms with Crippen LogP contribution >= 0.6 is 0 Å². The van der Waals surface area contributed by atoms with Gasteiger partial charge in [-0.2, -0.15) is 0 Å². The highest BCUT2D eigenvalue weighted by Gasteiger charge is 2.19. The van der Waals surface area contributed by atoms with Crippen molar-refractivity contribution in [3.8, 4) is 0 Å². The largest absolute Gasteiger partial charge is 0.460 e. The van der Waals surface area contributed by atoms with Gasteiger partial charge in [0.05, 0.1) is 0 Å². The maximum Gasteiger partial charge on any atom is 0.306 e. The zero-order valence-electron chi connectivity index (χ0n) is 7.64. The average Bonchev–Trinajstić information content (AvgIpc) is 1.87. The van der Waals surface area contributed by atoms with Crippen LogP contribution in [-0.4, -0.2) is 11.6 Å². The van der Waals surface area contributed by atoms with Crippen LogP contribution in [0.1, 0.15) is 40.0 Å². The van der Waals surface area contributed by atoms with E-state index in [0.717, 1.165) is 6.42 Å². The first kappa shape index (κ1) is 10.5. The van der Waals surface area contributed by atoms with E-state index in [-0.39, 0.29) is 11.6 Å². The van der Waals surface area contributed by atoms with Gasteiger partial charge >= 0.3 is 5.97 Å². The minimum absolute atomic E-state index is 0.146. The lowest BCUT2D eigenvalue weighted by atomic mass is 10.1. The molecule has 0 fully saturated rings. The van der Waals surface area contributed by atoms with Crippen molar-refractivity contribution >= 4 is 5.97 Å². The molecule has 0 atom stereocenters. The van der Waals surface area contributed by atoms with Gasteiger partial charge in [-0.05, 0) is 26.7 Å². The molecular formula is C9H17O2. The molecule has 0 aliphatic carbocycles. The van der Waals surface area contributed by atoms with Crippen LogP contribution in [0, 0.1) is 6.92 Å². The summed E-state index contributed by atoms with van der Waals surface area (Å²) in [5, 5.41) is 0. The lowest BCUT2D eigenvalue weighted by Crippen LogP contribution is -2.26. The van der Waals surface area contributed by atoms with E-state index in [0.29, 0.717) is 12.8 Å². The molecule has 0 aromatic rings. The monoisotopic (exact) mass is 157 g/mol. The molecule has 1 radical (unpaired) electrons. The Morgan fingerprint density at radius 3 is 2.45 bits per heavy atom. The number of ether oxygens (including phenoxy) is 1. The van der Waals surface area contributed by atoms with Gasteiger partial charge in [-0.3, -0.25) is 4.79 Å². The fourth-order valence-corrected chi connectivity index (χ4v) is 0.576. The second kappa shape index (κ2) is 4.37. The first-order valence-electron chi connectivity index (χ1n) is 4.03. The van der Waals surface area contributed by atoms with Crippen LogP contribution in [0.5, 0.6) is 0 Å². The van der Waals surface area contributed by atoms with E-state index in [1.807, 2.05) is 20.8 Å². The molecule has 0 saturated heterocycles. The molecule has 0 heterocycles. The molecule has 0 amide bonds. The van der Waals surface area contributed by atoms with Crippen molar-refractivity contribution in [1.29, 1.82) is 0 Å². The van der Waals surface area contributed by atoms with Crippen molar-refractivity contribution in [3.05, 3.63) is 6.92 Å². The SMILES string of the molecule is [CH2]CCC(=O)OC(C)(C)CC. The average molecular weight is 157 g/mol. The van der Waals surface area contributed by atoms with Gasteiger partial charge in [-0.15, -0.1) is 0 Å². The number of rotatable bonds is 4. The third-order valence-corrected chi connectivity index (χ3v) is 1.62. The zero-order chi connectivity index (χ0) is 8.91. The Hall–Kier alpha value is -0.530. The van der Waals surface area contributed by atoms with E-state index in [4.69, 9.17) is 4.74 Å². The summed E-state index contributed by atoms with van der Waals surface area (Å²) >= 11 is 0. The minimum Gasteiger partial charge on any atom is -0.460 e. The summed E-state index contributed by atoms with van der Waals surface area (Å²) in [5.74, 6) is -0.146. The number of carbonyl (C=O) groups excluding carboxylic acids is 1. The van der Waals surface area contributed by atoms with Crippen LogP contribution in [-0.2, 0) is 9.53 Å². The maximum atomic E-state index is 11.0. The third-order valence-electron chi connectivity index (χ3n) is 1.62. The second-order valence-corrected chi connectivity index (χ2v) is 3.19. The first-order chi connectivity index (χ1) is 5.02. The lowest BCUT2D eigenvalue weighted by Gasteiger charge is -2.22. The quantitative estimate of drug-likeness (QED) is 0.585. The Bertz CT molecular complexity index is 128. The summed E-state index contributed by atoms with van der Waals surface area (Å²) in [4.78, 5) is 11.0. The number of carbonyl (C=O) groups is 1. The Balaban J connectivity index is 3.74. The molecule has 0 rings (SSSR count). The predicted molar refractivity (Wildman–Crippen MR) is 45.1 cm³/mol. The van der Waals surface area contributed by atoms with Gasteiger partial charge in [0.25, 0.3) is 0 Å². The van der Waals surface area contributed by atoms with Crippen molar-refractivity contribution in [3.63, 3.8) is 0 Å². The summed E-state index contributed by atoms with van der Waals surface area (Å²) in [6.45, 7) is 9.40. The van der Waals surface area contributed by atoms with Crippen LogP contribution < -0.4 is 0 Å². The first-order valence-corrected chi connectivity index (χ1v) is 4.03. The Kier molecular flexibility index (Phi) is 4.16. The van der Waals surface area contributed by atoms with Gasteiger partial charge in [0, 0.05) is 6.42 Å². The normalized spacial score (nSPS) is 11.3. The van der Waals surface area contributed by atoms with Gasteiger partial charge < -0.3 is 4.74 Å². The molecule has 0 spiro atoms. The smallest absolute Gasteiger partial charge is 0.306 e. The predicted octanol–water partition coefficient (Wildman–Crippen LogP) is 2.33. The molecule has 11 heavy (non-hydrogen) atoms. The molecule has 2 nitrogen and oxygen atoms in total. The molecule has 0 aromatic carbocycles. The maximum absolute atomic E-state index is 11.0. The molecule has 0 aliphatic rings. The third kappa shape index (κ3) is 4.82. The summed E-state index contributed by atoms with van der Waals surface area (Å²) < 4.78 is 5.15. The fraction of sp³-hybridized carbons (Fsp3) is 0.778. The van der Waals surface area contributed by atoms with Gasteiger partial charge in [-0.25, -0.2) is 0 Å². The van der Waals surface area contributed by atoms with E-state index in [2.05, 4.69) is 6.92 Å². The topological polar surface area (TPSA) is 26.3 Å². The summed E-state index contributed by atoms with van der Waals surface area (Å²) in [7, 11) is 0. The summed E-state index contributed by atoms with van der Waals surface area (Å²) in [5.41, 5.74) is -0.313. The Morgan fingerprint density at radius 1 is 1.55 bits per heavy atom. The van der Waals surface area contributed by atoms with Crippen molar-refractivity contribution in [2.24, 2.45) is 0 Å². The molecule has 0 bridgehead atoms. The van der Waals surface area contributed by atoms with E-state index < -0.39 is 0 Å². The Morgan fingerprint density at radius 2 is 2.09 bits per heavy atom. The van der Waals surface area contributed by atoms with Gasteiger partial charge in [0.1, 0.15) is 5.60 Å². The molecule has 0 N–H and O–H groups in total. The van der Waals surface area contributed by atoms with Crippen LogP contribution in [0.3, 0.4) is 0 Å². The van der Waals surface area contributed by atoms with Gasteiger partial charge in [-0.1, -0.05) is 13.8 Å². The fourth-order valence-electron chi connectivity index (χ4n) is 0.576. The lowest BCUT2D eigenvalue weighted by molar-refractivity contribution is -0.156. The van der Waals surface area contributed by atoms with Crippen molar-refractivity contribution in [1.82, 2.24) is 0 Å². The minimum atomic E-state index is -0.313. The number of hydrogen-bond donors (Lipinski definition) is 0. The van der Waals surface area contributed by atoms with Crippen LogP contribution in [0.25, 0.3) is 0 Å². The van der Waals surface area contributed by atoms with Crippen molar-refractivity contribution in [2.45, 2.75) is 45.6 Å². The molecule has 0 aliphatic heterocycles. The molecule has 65 valence electrons. The summed E-state index contributed by atoms with van der Waals surface area (Å²) in [6, 6.07) is 0. The molecule has 0 saturated carbocycles. The van der Waals surface area contributed by atoms with Crippen molar-refractivity contribution in [2.75, 3.05) is 0 Å². The highest BCUT2D eigenvalue weighted by Crippen LogP contribution is 2.14. The van der Waals surface area contributed by atoms with Crippen LogP contribution in [0.2, 0.25) is 0 Å². The van der Waals surface area contributed by atoms with Gasteiger partial charge in [0.15, 0.2) is 0 Å². The number of hydrogen-bond acceptors (Lipinski definition) is 2. The van der Waals surface area contributed by atoms with E-state index in [1.54, 1.807) is 0 Å². The van der Waals surface area contributed by atoms with E-state index in [1.165, 1.54) is 0 Å². The summed E-state index contributed by atoms with van der Waals surface area (Å²) in [6.07, 6.45) is 1.87. The Labute approximate surface area is 68.9 Å². The van der Waals surface area contributed by atoms with Crippen molar-refractivity contribution < 1.29 is 9.53 Å². The van der Waals surface area contributed by atoms with Gasteiger partial charge in [0.2, 0.25) is 0 Å². The van der Waals surface area contributed by atoms with E-state index >= 15 is 0 Å². The van der Waals surface area contributed by atoms with Crippen LogP contribution in [0.4, 0.5) is 0 Å². The standard InChI is InChI=1S/C9H17O2/c1-5-7-8(10)11-9(3,4)6-2/h1,5-7H2,2-4H3. The second-order valence-electron chi connectivity index (χ2n) is 3.19. The number of esters is 1. The molecule has 0 unspecified atom stereocenters.